The van der Waals surface area contributed by atoms with Crippen molar-refractivity contribution in [1.82, 2.24) is 0 Å². The first-order valence-electron chi connectivity index (χ1n) is 8.69. The molecule has 0 rings (SSSR count). The quantitative estimate of drug-likeness (QED) is 0.253. The lowest BCUT2D eigenvalue weighted by Crippen LogP contribution is -2.08. The molecule has 0 bridgehead atoms. The molecule has 1 amide bonds. The number of amides is 1. The molecule has 0 unspecified atom stereocenters. The van der Waals surface area contributed by atoms with Crippen LogP contribution >= 0.6 is 0 Å². The molecule has 0 aromatic carbocycles. The zero-order chi connectivity index (χ0) is 16.3. The smallest absolute Gasteiger partial charge is 0.217 e. The summed E-state index contributed by atoms with van der Waals surface area (Å²) in [6.45, 7) is 2.24. The number of hydrogen-bond acceptors (Lipinski definition) is 1. The largest absolute Gasteiger partial charge is 0.370 e. The molecule has 0 spiro atoms. The summed E-state index contributed by atoms with van der Waals surface area (Å²) in [5, 5.41) is 0. The molecule has 0 fully saturated rings. The number of unbranched alkanes of at least 4 members (excludes halogenated alkanes) is 6. The number of primary amides is 1. The van der Waals surface area contributed by atoms with Gasteiger partial charge in [-0.3, -0.25) is 4.79 Å². The van der Waals surface area contributed by atoms with Gasteiger partial charge >= 0.3 is 0 Å². The van der Waals surface area contributed by atoms with Gasteiger partial charge in [0.1, 0.15) is 0 Å². The molecular formula is C20H33NO. The first kappa shape index (κ1) is 20.4. The fraction of sp³-hybridized carbons (Fsp3) is 0.550. The number of rotatable bonds is 14. The number of nitrogens with two attached hydrogens (primary N) is 1. The van der Waals surface area contributed by atoms with E-state index in [0.717, 1.165) is 12.8 Å². The van der Waals surface area contributed by atoms with E-state index in [2.05, 4.69) is 31.2 Å². The van der Waals surface area contributed by atoms with Crippen molar-refractivity contribution >= 4 is 5.91 Å². The molecule has 2 heteroatoms. The van der Waals surface area contributed by atoms with Crippen LogP contribution in [0, 0.1) is 0 Å². The van der Waals surface area contributed by atoms with Crippen LogP contribution in [0.2, 0.25) is 0 Å². The predicted octanol–water partition coefficient (Wildman–Crippen LogP) is 5.62. The van der Waals surface area contributed by atoms with Crippen LogP contribution in [0.1, 0.15) is 71.1 Å². The Balaban J connectivity index is 3.38. The van der Waals surface area contributed by atoms with Crippen molar-refractivity contribution in [3.05, 3.63) is 48.6 Å². The van der Waals surface area contributed by atoms with Crippen LogP contribution in [0.4, 0.5) is 0 Å². The van der Waals surface area contributed by atoms with Crippen LogP contribution in [0.3, 0.4) is 0 Å². The van der Waals surface area contributed by atoms with Gasteiger partial charge in [0.2, 0.25) is 5.91 Å². The van der Waals surface area contributed by atoms with Gasteiger partial charge in [0.25, 0.3) is 0 Å². The van der Waals surface area contributed by atoms with Gasteiger partial charge in [-0.2, -0.15) is 0 Å². The van der Waals surface area contributed by atoms with E-state index in [1.54, 1.807) is 0 Å². The SMILES string of the molecule is CCCCC/C=C/CCCC/C=C/C=C/C=C/CCC(N)=O. The number of allylic oxidation sites excluding steroid dienone is 8. The Hall–Kier alpha value is -1.57. The third-order valence-electron chi connectivity index (χ3n) is 3.30. The molecule has 0 heterocycles. The lowest BCUT2D eigenvalue weighted by atomic mass is 10.1. The van der Waals surface area contributed by atoms with Gasteiger partial charge in [-0.1, -0.05) is 68.4 Å². The molecule has 2 nitrogen and oxygen atoms in total. The highest BCUT2D eigenvalue weighted by molar-refractivity contribution is 5.73. The highest BCUT2D eigenvalue weighted by Gasteiger charge is 1.87. The fourth-order valence-electron chi connectivity index (χ4n) is 1.98. The van der Waals surface area contributed by atoms with Crippen LogP contribution in [-0.2, 0) is 4.79 Å². The second kappa shape index (κ2) is 17.5. The fourth-order valence-corrected chi connectivity index (χ4v) is 1.98. The highest BCUT2D eigenvalue weighted by Crippen LogP contribution is 2.04. The second-order valence-electron chi connectivity index (χ2n) is 5.50. The summed E-state index contributed by atoms with van der Waals surface area (Å²) in [5.41, 5.74) is 5.05. The Morgan fingerprint density at radius 3 is 1.77 bits per heavy atom. The van der Waals surface area contributed by atoms with Crippen LogP contribution in [0.15, 0.2) is 48.6 Å². The first-order chi connectivity index (χ1) is 10.8. The van der Waals surface area contributed by atoms with Gasteiger partial charge in [0, 0.05) is 6.42 Å². The van der Waals surface area contributed by atoms with Crippen LogP contribution in [-0.4, -0.2) is 5.91 Å². The predicted molar refractivity (Wildman–Crippen MR) is 97.6 cm³/mol. The van der Waals surface area contributed by atoms with Crippen LogP contribution in [0.25, 0.3) is 0 Å². The summed E-state index contributed by atoms with van der Waals surface area (Å²) in [6.07, 6.45) is 28.1. The van der Waals surface area contributed by atoms with E-state index >= 15 is 0 Å². The number of carbonyl (C=O) groups is 1. The summed E-state index contributed by atoms with van der Waals surface area (Å²) < 4.78 is 0. The average molecular weight is 303 g/mol. The molecule has 0 radical (unpaired) electrons. The average Bonchev–Trinajstić information content (AvgIpc) is 2.50. The van der Waals surface area contributed by atoms with Gasteiger partial charge in [-0.25, -0.2) is 0 Å². The van der Waals surface area contributed by atoms with E-state index in [9.17, 15) is 4.79 Å². The van der Waals surface area contributed by atoms with Gasteiger partial charge in [-0.05, 0) is 44.9 Å². The Morgan fingerprint density at radius 1 is 0.727 bits per heavy atom. The summed E-state index contributed by atoms with van der Waals surface area (Å²) in [5.74, 6) is -0.246. The van der Waals surface area contributed by atoms with Crippen molar-refractivity contribution in [3.63, 3.8) is 0 Å². The zero-order valence-corrected chi connectivity index (χ0v) is 14.2. The highest BCUT2D eigenvalue weighted by atomic mass is 16.1. The van der Waals surface area contributed by atoms with Crippen molar-refractivity contribution in [2.75, 3.05) is 0 Å². The van der Waals surface area contributed by atoms with E-state index in [-0.39, 0.29) is 5.91 Å². The van der Waals surface area contributed by atoms with Crippen molar-refractivity contribution < 1.29 is 4.79 Å². The molecule has 22 heavy (non-hydrogen) atoms. The van der Waals surface area contributed by atoms with E-state index < -0.39 is 0 Å². The molecule has 0 aliphatic carbocycles. The van der Waals surface area contributed by atoms with Gasteiger partial charge in [0.05, 0.1) is 0 Å². The first-order valence-corrected chi connectivity index (χ1v) is 8.69. The molecule has 0 aromatic rings. The topological polar surface area (TPSA) is 43.1 Å². The minimum absolute atomic E-state index is 0.246. The second-order valence-corrected chi connectivity index (χ2v) is 5.50. The minimum atomic E-state index is -0.246. The summed E-state index contributed by atoms with van der Waals surface area (Å²) >= 11 is 0. The molecule has 0 saturated carbocycles. The maximum absolute atomic E-state index is 10.5. The van der Waals surface area contributed by atoms with Crippen molar-refractivity contribution in [1.29, 1.82) is 0 Å². The third-order valence-corrected chi connectivity index (χ3v) is 3.30. The molecule has 0 aliphatic heterocycles. The van der Waals surface area contributed by atoms with E-state index in [0.29, 0.717) is 6.42 Å². The van der Waals surface area contributed by atoms with Gasteiger partial charge in [-0.15, -0.1) is 0 Å². The van der Waals surface area contributed by atoms with Gasteiger partial charge in [0.15, 0.2) is 0 Å². The summed E-state index contributed by atoms with van der Waals surface area (Å²) in [6, 6.07) is 0. The molecule has 2 N–H and O–H groups in total. The molecule has 0 saturated heterocycles. The van der Waals surface area contributed by atoms with Crippen LogP contribution < -0.4 is 5.73 Å². The normalized spacial score (nSPS) is 12.4. The Morgan fingerprint density at radius 2 is 1.23 bits per heavy atom. The maximum Gasteiger partial charge on any atom is 0.217 e. The lowest BCUT2D eigenvalue weighted by Gasteiger charge is -1.94. The Bertz CT molecular complexity index is 364. The standard InChI is InChI=1S/C20H33NO/c1-2-3-4-5-6-7-8-9-10-11-12-13-14-15-16-17-18-19-20(21)22/h6-7,12-17H,2-5,8-11,18-19H2,1H3,(H2,21,22)/b7-6+,13-12+,15-14+,17-16+. The molecule has 0 atom stereocenters. The molecule has 124 valence electrons. The Kier molecular flexibility index (Phi) is 16.2. The molecule has 0 aliphatic rings. The Labute approximate surface area is 136 Å². The monoisotopic (exact) mass is 303 g/mol. The van der Waals surface area contributed by atoms with Crippen molar-refractivity contribution in [2.24, 2.45) is 5.73 Å². The van der Waals surface area contributed by atoms with Crippen molar-refractivity contribution in [2.45, 2.75) is 71.1 Å². The summed E-state index contributed by atoms with van der Waals surface area (Å²) in [4.78, 5) is 10.5. The van der Waals surface area contributed by atoms with Crippen molar-refractivity contribution in [3.8, 4) is 0 Å². The zero-order valence-electron chi connectivity index (χ0n) is 14.2. The lowest BCUT2D eigenvalue weighted by molar-refractivity contribution is -0.117. The van der Waals surface area contributed by atoms with E-state index in [1.165, 1.54) is 44.9 Å². The van der Waals surface area contributed by atoms with Crippen LogP contribution in [0.5, 0.6) is 0 Å². The third kappa shape index (κ3) is 18.4. The van der Waals surface area contributed by atoms with E-state index in [4.69, 9.17) is 5.73 Å². The van der Waals surface area contributed by atoms with E-state index in [1.807, 2.05) is 24.3 Å². The molecule has 0 aromatic heterocycles. The molecular weight excluding hydrogens is 270 g/mol. The number of carbonyl (C=O) groups excluding carboxylic acids is 1. The van der Waals surface area contributed by atoms with Gasteiger partial charge < -0.3 is 5.73 Å². The maximum atomic E-state index is 10.5. The number of hydrogen-bond donors (Lipinski definition) is 1. The minimum Gasteiger partial charge on any atom is -0.370 e. The summed E-state index contributed by atoms with van der Waals surface area (Å²) in [7, 11) is 0.